The van der Waals surface area contributed by atoms with E-state index in [9.17, 15) is 0 Å². The maximum absolute atomic E-state index is 6.01. The van der Waals surface area contributed by atoms with Gasteiger partial charge >= 0.3 is 0 Å². The third kappa shape index (κ3) is 2.48. The van der Waals surface area contributed by atoms with Crippen molar-refractivity contribution in [2.45, 2.75) is 76.2 Å². The van der Waals surface area contributed by atoms with E-state index in [1.165, 1.54) is 62.1 Å². The number of nitrogens with zero attached hydrogens (tertiary/aromatic N) is 1. The van der Waals surface area contributed by atoms with Gasteiger partial charge in [-0.3, -0.25) is 0 Å². The minimum atomic E-state index is 0.448. The lowest BCUT2D eigenvalue weighted by atomic mass is 9.85. The number of hydrogen-bond donors (Lipinski definition) is 1. The van der Waals surface area contributed by atoms with Crippen molar-refractivity contribution < 1.29 is 0 Å². The van der Waals surface area contributed by atoms with Gasteiger partial charge in [0.1, 0.15) is 0 Å². The van der Waals surface area contributed by atoms with E-state index in [2.05, 4.69) is 6.92 Å². The first-order chi connectivity index (χ1) is 8.74. The Bertz CT molecular complexity index is 399. The number of thiazole rings is 1. The molecule has 2 N–H and O–H groups in total. The van der Waals surface area contributed by atoms with E-state index in [1.54, 1.807) is 4.88 Å². The van der Waals surface area contributed by atoms with Crippen LogP contribution in [0.5, 0.6) is 0 Å². The van der Waals surface area contributed by atoms with Crippen LogP contribution in [0.3, 0.4) is 0 Å². The van der Waals surface area contributed by atoms with Gasteiger partial charge in [0.25, 0.3) is 0 Å². The van der Waals surface area contributed by atoms with Gasteiger partial charge in [-0.25, -0.2) is 4.98 Å². The molecule has 1 aromatic rings. The minimum Gasteiger partial charge on any atom is -0.328 e. The summed E-state index contributed by atoms with van der Waals surface area (Å²) in [4.78, 5) is 6.45. The minimum absolute atomic E-state index is 0.448. The summed E-state index contributed by atoms with van der Waals surface area (Å²) in [7, 11) is 0. The molecule has 0 saturated heterocycles. The van der Waals surface area contributed by atoms with E-state index in [-0.39, 0.29) is 0 Å². The Hall–Kier alpha value is -0.410. The van der Waals surface area contributed by atoms with Gasteiger partial charge in [0, 0.05) is 16.8 Å². The molecule has 0 atom stereocenters. The van der Waals surface area contributed by atoms with Crippen LogP contribution in [0.1, 0.15) is 78.8 Å². The van der Waals surface area contributed by atoms with Crippen molar-refractivity contribution in [2.24, 2.45) is 5.73 Å². The average molecular weight is 264 g/mol. The Morgan fingerprint density at radius 1 is 1.00 bits per heavy atom. The summed E-state index contributed by atoms with van der Waals surface area (Å²) in [6.45, 7) is 2.21. The van der Waals surface area contributed by atoms with E-state index < -0.39 is 0 Å². The van der Waals surface area contributed by atoms with E-state index >= 15 is 0 Å². The van der Waals surface area contributed by atoms with E-state index in [1.807, 2.05) is 11.3 Å². The van der Waals surface area contributed by atoms with Crippen molar-refractivity contribution in [3.05, 3.63) is 15.6 Å². The molecule has 3 heteroatoms. The molecule has 0 radical (unpaired) electrons. The number of rotatable bonds is 2. The molecule has 2 fully saturated rings. The molecule has 0 bridgehead atoms. The first kappa shape index (κ1) is 12.6. The van der Waals surface area contributed by atoms with Crippen molar-refractivity contribution in [2.75, 3.05) is 0 Å². The molecule has 2 saturated carbocycles. The summed E-state index contributed by atoms with van der Waals surface area (Å²) in [5.41, 5.74) is 7.31. The number of aryl methyl sites for hydroxylation is 1. The highest BCUT2D eigenvalue weighted by molar-refractivity contribution is 7.12. The van der Waals surface area contributed by atoms with Crippen LogP contribution in [0, 0.1) is 6.92 Å². The molecule has 0 spiro atoms. The maximum atomic E-state index is 6.01. The molecule has 0 aromatic carbocycles. The topological polar surface area (TPSA) is 38.9 Å². The first-order valence-corrected chi connectivity index (χ1v) is 8.28. The number of nitrogens with two attached hydrogens (primary N) is 1. The second-order valence-electron chi connectivity index (χ2n) is 6.09. The highest BCUT2D eigenvalue weighted by Crippen LogP contribution is 2.42. The highest BCUT2D eigenvalue weighted by Gasteiger charge is 2.26. The monoisotopic (exact) mass is 264 g/mol. The smallest absolute Gasteiger partial charge is 0.0961 e. The summed E-state index contributed by atoms with van der Waals surface area (Å²) in [6, 6.07) is 0.448. The Morgan fingerprint density at radius 2 is 1.67 bits per heavy atom. The molecule has 2 nitrogen and oxygen atoms in total. The molecule has 1 aromatic heterocycles. The normalized spacial score (nSPS) is 29.9. The van der Waals surface area contributed by atoms with Gasteiger partial charge in [0.15, 0.2) is 0 Å². The Balaban J connectivity index is 1.75. The van der Waals surface area contributed by atoms with Gasteiger partial charge in [-0.15, -0.1) is 11.3 Å². The lowest BCUT2D eigenvalue weighted by molar-refractivity contribution is 0.398. The molecule has 3 rings (SSSR count). The molecule has 18 heavy (non-hydrogen) atoms. The fourth-order valence-electron chi connectivity index (χ4n) is 3.54. The molecular formula is C15H24N2S. The van der Waals surface area contributed by atoms with Crippen LogP contribution in [0.4, 0.5) is 0 Å². The van der Waals surface area contributed by atoms with Crippen molar-refractivity contribution in [1.82, 2.24) is 4.98 Å². The van der Waals surface area contributed by atoms with Crippen LogP contribution >= 0.6 is 11.3 Å². The second-order valence-corrected chi connectivity index (χ2v) is 7.16. The van der Waals surface area contributed by atoms with Crippen LogP contribution in [0.15, 0.2) is 0 Å². The first-order valence-electron chi connectivity index (χ1n) is 7.47. The van der Waals surface area contributed by atoms with E-state index in [0.717, 1.165) is 11.8 Å². The average Bonchev–Trinajstić information content (AvgIpc) is 2.99. The Labute approximate surface area is 114 Å². The van der Waals surface area contributed by atoms with Crippen LogP contribution in [0.2, 0.25) is 0 Å². The third-order valence-corrected chi connectivity index (χ3v) is 6.18. The van der Waals surface area contributed by atoms with Gasteiger partial charge in [-0.05, 0) is 51.4 Å². The fraction of sp³-hybridized carbons (Fsp3) is 0.800. The summed E-state index contributed by atoms with van der Waals surface area (Å²) < 4.78 is 0. The van der Waals surface area contributed by atoms with Crippen LogP contribution in [-0.2, 0) is 0 Å². The van der Waals surface area contributed by atoms with Crippen molar-refractivity contribution in [3.63, 3.8) is 0 Å². The zero-order valence-corrected chi connectivity index (χ0v) is 12.1. The van der Waals surface area contributed by atoms with Gasteiger partial charge < -0.3 is 5.73 Å². The van der Waals surface area contributed by atoms with Gasteiger partial charge in [0.05, 0.1) is 10.7 Å². The molecule has 0 aliphatic heterocycles. The molecule has 2 aliphatic carbocycles. The zero-order valence-electron chi connectivity index (χ0n) is 11.3. The lowest BCUT2D eigenvalue weighted by Gasteiger charge is -2.25. The summed E-state index contributed by atoms with van der Waals surface area (Å²) in [5.74, 6) is 1.52. The lowest BCUT2D eigenvalue weighted by Crippen LogP contribution is -2.25. The molecule has 1 heterocycles. The van der Waals surface area contributed by atoms with Crippen LogP contribution in [-0.4, -0.2) is 11.0 Å². The van der Waals surface area contributed by atoms with Crippen molar-refractivity contribution >= 4 is 11.3 Å². The molecular weight excluding hydrogens is 240 g/mol. The Kier molecular flexibility index (Phi) is 3.71. The van der Waals surface area contributed by atoms with E-state index in [0.29, 0.717) is 6.04 Å². The van der Waals surface area contributed by atoms with E-state index in [4.69, 9.17) is 10.7 Å². The largest absolute Gasteiger partial charge is 0.328 e. The zero-order chi connectivity index (χ0) is 12.5. The number of aromatic nitrogens is 1. The molecule has 0 unspecified atom stereocenters. The third-order valence-electron chi connectivity index (χ3n) is 4.70. The standard InChI is InChI=1S/C15H24N2S/c1-10-14(11-6-8-13(16)9-7-11)18-15(17-10)12-4-2-3-5-12/h11-13H,2-9,16H2,1H3. The summed E-state index contributed by atoms with van der Waals surface area (Å²) in [6.07, 6.45) is 10.5. The molecule has 100 valence electrons. The summed E-state index contributed by atoms with van der Waals surface area (Å²) in [5, 5.41) is 1.43. The van der Waals surface area contributed by atoms with Gasteiger partial charge in [-0.2, -0.15) is 0 Å². The number of hydrogen-bond acceptors (Lipinski definition) is 3. The predicted molar refractivity (Wildman–Crippen MR) is 77.2 cm³/mol. The quantitative estimate of drug-likeness (QED) is 0.873. The molecule has 2 aliphatic rings. The van der Waals surface area contributed by atoms with Crippen LogP contribution in [0.25, 0.3) is 0 Å². The van der Waals surface area contributed by atoms with Gasteiger partial charge in [-0.1, -0.05) is 12.8 Å². The Morgan fingerprint density at radius 3 is 2.33 bits per heavy atom. The maximum Gasteiger partial charge on any atom is 0.0961 e. The van der Waals surface area contributed by atoms with Crippen molar-refractivity contribution in [1.29, 1.82) is 0 Å². The highest BCUT2D eigenvalue weighted by atomic mass is 32.1. The van der Waals surface area contributed by atoms with Gasteiger partial charge in [0.2, 0.25) is 0 Å². The fourth-order valence-corrected chi connectivity index (χ4v) is 4.94. The predicted octanol–water partition coefficient (Wildman–Crippen LogP) is 4.09. The second kappa shape index (κ2) is 5.30. The SMILES string of the molecule is Cc1nc(C2CCCC2)sc1C1CCC(N)CC1. The van der Waals surface area contributed by atoms with Crippen molar-refractivity contribution in [3.8, 4) is 0 Å². The molecule has 0 amide bonds. The van der Waals surface area contributed by atoms with Crippen LogP contribution < -0.4 is 5.73 Å². The summed E-state index contributed by atoms with van der Waals surface area (Å²) >= 11 is 2.01.